The summed E-state index contributed by atoms with van der Waals surface area (Å²) in [7, 11) is 1.44. The van der Waals surface area contributed by atoms with Gasteiger partial charge in [-0.15, -0.1) is 0 Å². The van der Waals surface area contributed by atoms with Gasteiger partial charge < -0.3 is 15.4 Å². The topological polar surface area (TPSA) is 68.5 Å². The lowest BCUT2D eigenvalue weighted by molar-refractivity contribution is -0.145. The molecule has 94 valence electrons. The number of hydrogen-bond acceptors (Lipinski definition) is 6. The van der Waals surface area contributed by atoms with Crippen LogP contribution in [0, 0.1) is 18.8 Å². The van der Waals surface area contributed by atoms with Crippen LogP contribution in [-0.4, -0.2) is 30.5 Å². The summed E-state index contributed by atoms with van der Waals surface area (Å²) in [6.07, 6.45) is 0. The molecule has 2 heterocycles. The number of hydrogen-bond donors (Lipinski definition) is 1. The monoisotopic (exact) mass is 255 g/mol. The van der Waals surface area contributed by atoms with Gasteiger partial charge in [-0.3, -0.25) is 4.79 Å². The minimum Gasteiger partial charge on any atom is -0.469 e. The number of aromatic nitrogens is 1. The van der Waals surface area contributed by atoms with E-state index in [0.717, 1.165) is 17.1 Å². The highest BCUT2D eigenvalue weighted by Crippen LogP contribution is 2.35. The van der Waals surface area contributed by atoms with Crippen LogP contribution in [0.3, 0.4) is 0 Å². The SMILES string of the molecule is COC(=O)C1CN(c2snc(N)c2C)CC1C. The van der Waals surface area contributed by atoms with E-state index in [0.29, 0.717) is 18.3 Å². The molecule has 6 heteroatoms. The first kappa shape index (κ1) is 12.2. The minimum atomic E-state index is -0.129. The molecular weight excluding hydrogens is 238 g/mol. The summed E-state index contributed by atoms with van der Waals surface area (Å²) < 4.78 is 8.96. The smallest absolute Gasteiger partial charge is 0.310 e. The van der Waals surface area contributed by atoms with Crippen molar-refractivity contribution >= 4 is 28.3 Å². The van der Waals surface area contributed by atoms with Crippen molar-refractivity contribution in [3.63, 3.8) is 0 Å². The molecule has 0 bridgehead atoms. The van der Waals surface area contributed by atoms with Crippen LogP contribution in [0.4, 0.5) is 10.8 Å². The Labute approximate surface area is 105 Å². The molecule has 2 atom stereocenters. The first-order valence-electron chi connectivity index (χ1n) is 5.59. The Kier molecular flexibility index (Phi) is 3.24. The maximum atomic E-state index is 11.6. The van der Waals surface area contributed by atoms with Crippen molar-refractivity contribution in [1.29, 1.82) is 0 Å². The van der Waals surface area contributed by atoms with Gasteiger partial charge in [0, 0.05) is 18.7 Å². The molecule has 2 rings (SSSR count). The Morgan fingerprint density at radius 1 is 1.59 bits per heavy atom. The van der Waals surface area contributed by atoms with E-state index in [9.17, 15) is 4.79 Å². The first-order valence-corrected chi connectivity index (χ1v) is 6.36. The van der Waals surface area contributed by atoms with Gasteiger partial charge in [0.2, 0.25) is 0 Å². The predicted molar refractivity (Wildman–Crippen MR) is 68.1 cm³/mol. The number of rotatable bonds is 2. The average Bonchev–Trinajstić information content (AvgIpc) is 2.83. The van der Waals surface area contributed by atoms with Crippen LogP contribution < -0.4 is 10.6 Å². The normalized spacial score (nSPS) is 24.1. The Balaban J connectivity index is 2.16. The van der Waals surface area contributed by atoms with Crippen LogP contribution >= 0.6 is 11.5 Å². The second-order valence-corrected chi connectivity index (χ2v) is 5.26. The van der Waals surface area contributed by atoms with Crippen LogP contribution in [0.15, 0.2) is 0 Å². The molecule has 1 aromatic heterocycles. The molecule has 0 amide bonds. The lowest BCUT2D eigenvalue weighted by Crippen LogP contribution is -2.24. The fourth-order valence-electron chi connectivity index (χ4n) is 2.22. The molecular formula is C11H17N3O2S. The Bertz CT molecular complexity index is 432. The van der Waals surface area contributed by atoms with Gasteiger partial charge in [-0.1, -0.05) is 6.92 Å². The van der Waals surface area contributed by atoms with E-state index < -0.39 is 0 Å². The molecule has 1 saturated heterocycles. The molecule has 5 nitrogen and oxygen atoms in total. The van der Waals surface area contributed by atoms with Crippen LogP contribution in [0.2, 0.25) is 0 Å². The van der Waals surface area contributed by atoms with Crippen LogP contribution in [0.1, 0.15) is 12.5 Å². The third-order valence-corrected chi connectivity index (χ3v) is 4.36. The van der Waals surface area contributed by atoms with Gasteiger partial charge in [-0.05, 0) is 24.4 Å². The molecule has 1 fully saturated rings. The summed E-state index contributed by atoms with van der Waals surface area (Å²) >= 11 is 1.40. The second kappa shape index (κ2) is 4.52. The van der Waals surface area contributed by atoms with Crippen LogP contribution in [-0.2, 0) is 9.53 Å². The maximum absolute atomic E-state index is 11.6. The molecule has 0 aromatic carbocycles. The van der Waals surface area contributed by atoms with E-state index in [2.05, 4.69) is 16.2 Å². The van der Waals surface area contributed by atoms with E-state index in [1.165, 1.54) is 18.6 Å². The highest BCUT2D eigenvalue weighted by atomic mass is 32.1. The van der Waals surface area contributed by atoms with Crippen molar-refractivity contribution in [3.8, 4) is 0 Å². The lowest BCUT2D eigenvalue weighted by atomic mass is 9.99. The molecule has 0 radical (unpaired) electrons. The average molecular weight is 255 g/mol. The standard InChI is InChI=1S/C11H17N3O2S/c1-6-4-14(5-8(6)11(15)16-3)10-7(2)9(12)13-17-10/h6,8H,4-5H2,1-3H3,(H2,12,13). The first-order chi connectivity index (χ1) is 8.04. The number of carbonyl (C=O) groups excluding carboxylic acids is 1. The second-order valence-electron chi connectivity index (χ2n) is 4.51. The van der Waals surface area contributed by atoms with Crippen molar-refractivity contribution in [2.45, 2.75) is 13.8 Å². The summed E-state index contributed by atoms with van der Waals surface area (Å²) in [5, 5.41) is 1.07. The van der Waals surface area contributed by atoms with Crippen LogP contribution in [0.25, 0.3) is 0 Å². The number of methoxy groups -OCH3 is 1. The summed E-state index contributed by atoms with van der Waals surface area (Å²) in [5.74, 6) is 0.696. The van der Waals surface area contributed by atoms with Gasteiger partial charge in [0.1, 0.15) is 10.8 Å². The minimum absolute atomic E-state index is 0.0530. The van der Waals surface area contributed by atoms with Crippen molar-refractivity contribution < 1.29 is 9.53 Å². The zero-order chi connectivity index (χ0) is 12.6. The number of carbonyl (C=O) groups is 1. The number of nitrogens with two attached hydrogens (primary N) is 1. The van der Waals surface area contributed by atoms with Crippen molar-refractivity contribution in [1.82, 2.24) is 4.37 Å². The summed E-state index contributed by atoms with van der Waals surface area (Å²) in [5.41, 5.74) is 6.75. The Morgan fingerprint density at radius 2 is 2.29 bits per heavy atom. The molecule has 1 aliphatic rings. The molecule has 0 spiro atoms. The fraction of sp³-hybridized carbons (Fsp3) is 0.636. The highest BCUT2D eigenvalue weighted by molar-refractivity contribution is 7.10. The zero-order valence-electron chi connectivity index (χ0n) is 10.3. The fourth-order valence-corrected chi connectivity index (χ4v) is 3.05. The van der Waals surface area contributed by atoms with Crippen molar-refractivity contribution in [2.75, 3.05) is 30.8 Å². The lowest BCUT2D eigenvalue weighted by Gasteiger charge is -2.16. The largest absolute Gasteiger partial charge is 0.469 e. The number of nitrogens with zero attached hydrogens (tertiary/aromatic N) is 2. The van der Waals surface area contributed by atoms with Crippen molar-refractivity contribution in [3.05, 3.63) is 5.56 Å². The molecule has 2 N–H and O–H groups in total. The van der Waals surface area contributed by atoms with Gasteiger partial charge in [0.15, 0.2) is 0 Å². The summed E-state index contributed by atoms with van der Waals surface area (Å²) in [6, 6.07) is 0. The van der Waals surface area contributed by atoms with Gasteiger partial charge in [0.05, 0.1) is 13.0 Å². The van der Waals surface area contributed by atoms with E-state index in [1.807, 2.05) is 6.92 Å². The molecule has 0 aliphatic carbocycles. The molecule has 2 unspecified atom stereocenters. The van der Waals surface area contributed by atoms with E-state index in [-0.39, 0.29) is 11.9 Å². The maximum Gasteiger partial charge on any atom is 0.310 e. The molecule has 1 aromatic rings. The van der Waals surface area contributed by atoms with Crippen molar-refractivity contribution in [2.24, 2.45) is 11.8 Å². The van der Waals surface area contributed by atoms with E-state index >= 15 is 0 Å². The van der Waals surface area contributed by atoms with Gasteiger partial charge in [-0.2, -0.15) is 4.37 Å². The van der Waals surface area contributed by atoms with E-state index in [4.69, 9.17) is 10.5 Å². The van der Waals surface area contributed by atoms with Gasteiger partial charge in [-0.25, -0.2) is 0 Å². The third-order valence-electron chi connectivity index (χ3n) is 3.34. The summed E-state index contributed by atoms with van der Waals surface area (Å²) in [4.78, 5) is 13.8. The number of ether oxygens (including phenoxy) is 1. The third kappa shape index (κ3) is 2.09. The van der Waals surface area contributed by atoms with Gasteiger partial charge in [0.25, 0.3) is 0 Å². The molecule has 0 saturated carbocycles. The number of nitrogen functional groups attached to an aromatic ring is 1. The highest BCUT2D eigenvalue weighted by Gasteiger charge is 2.36. The van der Waals surface area contributed by atoms with Crippen LogP contribution in [0.5, 0.6) is 0 Å². The molecule has 1 aliphatic heterocycles. The summed E-state index contributed by atoms with van der Waals surface area (Å²) in [6.45, 7) is 5.57. The Hall–Kier alpha value is -1.30. The Morgan fingerprint density at radius 3 is 2.82 bits per heavy atom. The van der Waals surface area contributed by atoms with E-state index in [1.54, 1.807) is 0 Å². The zero-order valence-corrected chi connectivity index (χ0v) is 11.1. The molecule has 17 heavy (non-hydrogen) atoms. The number of esters is 1. The quantitative estimate of drug-likeness (QED) is 0.806. The number of anilines is 2. The predicted octanol–water partition coefficient (Wildman–Crippen LogP) is 1.28. The van der Waals surface area contributed by atoms with Gasteiger partial charge >= 0.3 is 5.97 Å².